The normalized spacial score (nSPS) is 49.0. The lowest BCUT2D eigenvalue weighted by atomic mass is 9.83. The third kappa shape index (κ3) is 1.93. The molecule has 4 fully saturated rings. The number of carbonyl (C=O) groups excluding carboxylic acids is 1. The summed E-state index contributed by atoms with van der Waals surface area (Å²) in [6.45, 7) is 0.987. The van der Waals surface area contributed by atoms with Crippen LogP contribution in [0.15, 0.2) is 0 Å². The average molecular weight is 276 g/mol. The minimum atomic E-state index is 0.136. The quantitative estimate of drug-likeness (QED) is 0.859. The Hall–Kier alpha value is -0.570. The van der Waals surface area contributed by atoms with Crippen molar-refractivity contribution in [1.29, 1.82) is 0 Å². The molecule has 0 aromatic rings. The maximum absolute atomic E-state index is 12.8. The molecule has 112 valence electrons. The van der Waals surface area contributed by atoms with Crippen molar-refractivity contribution in [2.75, 3.05) is 13.6 Å². The van der Waals surface area contributed by atoms with Gasteiger partial charge in [-0.1, -0.05) is 6.42 Å². The van der Waals surface area contributed by atoms with Crippen molar-refractivity contribution in [3.63, 3.8) is 0 Å². The lowest BCUT2D eigenvalue weighted by molar-refractivity contribution is -0.137. The molecule has 0 saturated heterocycles. The van der Waals surface area contributed by atoms with E-state index in [9.17, 15) is 4.79 Å². The Balaban J connectivity index is 1.39. The minimum Gasteiger partial charge on any atom is -0.345 e. The molecule has 3 nitrogen and oxygen atoms in total. The van der Waals surface area contributed by atoms with Crippen molar-refractivity contribution < 1.29 is 4.79 Å². The predicted octanol–water partition coefficient (Wildman–Crippen LogP) is 2.25. The van der Waals surface area contributed by atoms with Crippen molar-refractivity contribution in [3.8, 4) is 0 Å². The van der Waals surface area contributed by atoms with Crippen LogP contribution in [0, 0.1) is 35.5 Å². The zero-order valence-electron chi connectivity index (χ0n) is 12.6. The fourth-order valence-electron chi connectivity index (χ4n) is 6.00. The highest BCUT2D eigenvalue weighted by atomic mass is 16.2. The maximum atomic E-state index is 12.8. The second-order valence-electron chi connectivity index (χ2n) is 8.09. The van der Waals surface area contributed by atoms with Gasteiger partial charge in [-0.25, -0.2) is 0 Å². The lowest BCUT2D eigenvalue weighted by Crippen LogP contribution is -2.47. The fraction of sp³-hybridized carbons (Fsp3) is 0.941. The summed E-state index contributed by atoms with van der Waals surface area (Å²) in [5, 5.41) is 0. The maximum Gasteiger partial charge on any atom is 0.227 e. The van der Waals surface area contributed by atoms with E-state index in [0.717, 1.165) is 24.3 Å². The number of carbonyl (C=O) groups is 1. The molecule has 4 aliphatic rings. The van der Waals surface area contributed by atoms with Crippen LogP contribution < -0.4 is 5.73 Å². The van der Waals surface area contributed by atoms with Gasteiger partial charge in [0.25, 0.3) is 0 Å². The molecule has 0 heterocycles. The van der Waals surface area contributed by atoms with Crippen molar-refractivity contribution >= 4 is 5.91 Å². The van der Waals surface area contributed by atoms with Gasteiger partial charge in [0.1, 0.15) is 0 Å². The summed E-state index contributed by atoms with van der Waals surface area (Å²) in [5.41, 5.74) is 6.32. The van der Waals surface area contributed by atoms with Gasteiger partial charge in [0.2, 0.25) is 5.91 Å². The fourth-order valence-corrected chi connectivity index (χ4v) is 6.00. The van der Waals surface area contributed by atoms with Gasteiger partial charge in [-0.05, 0) is 68.1 Å². The summed E-state index contributed by atoms with van der Waals surface area (Å²) < 4.78 is 0. The van der Waals surface area contributed by atoms with Crippen molar-refractivity contribution in [2.24, 2.45) is 41.2 Å². The molecular weight excluding hydrogens is 248 g/mol. The van der Waals surface area contributed by atoms with Gasteiger partial charge >= 0.3 is 0 Å². The molecule has 7 atom stereocenters. The summed E-state index contributed by atoms with van der Waals surface area (Å²) in [6, 6.07) is 0.142. The number of hydrogen-bond donors (Lipinski definition) is 1. The SMILES string of the molecule is CN(CC1CC2CCC1C2)C(=O)C1C2CCC(C2)C1N. The summed E-state index contributed by atoms with van der Waals surface area (Å²) in [7, 11) is 2.02. The van der Waals surface area contributed by atoms with Crippen molar-refractivity contribution in [2.45, 2.75) is 51.0 Å². The molecule has 0 radical (unpaired) electrons. The molecule has 4 aliphatic carbocycles. The van der Waals surface area contributed by atoms with E-state index in [2.05, 4.69) is 0 Å². The smallest absolute Gasteiger partial charge is 0.227 e. The molecule has 4 bridgehead atoms. The van der Waals surface area contributed by atoms with Gasteiger partial charge in [0.15, 0.2) is 0 Å². The van der Waals surface area contributed by atoms with E-state index in [4.69, 9.17) is 5.73 Å². The Morgan fingerprint density at radius 1 is 1.05 bits per heavy atom. The number of rotatable bonds is 3. The van der Waals surface area contributed by atoms with Gasteiger partial charge in [0.05, 0.1) is 5.92 Å². The standard InChI is InChI=1S/C17H28N2O/c1-19(9-14-7-10-2-3-11(14)6-10)17(20)15-12-4-5-13(8-12)16(15)18/h10-16H,2-9,18H2,1H3. The Labute approximate surface area is 122 Å². The molecule has 2 N–H and O–H groups in total. The van der Waals surface area contributed by atoms with E-state index < -0.39 is 0 Å². The molecule has 0 aromatic heterocycles. The molecule has 0 aromatic carbocycles. The van der Waals surface area contributed by atoms with Gasteiger partial charge in [-0.15, -0.1) is 0 Å². The average Bonchev–Trinajstić information content (AvgIpc) is 3.17. The van der Waals surface area contributed by atoms with Gasteiger partial charge < -0.3 is 10.6 Å². The monoisotopic (exact) mass is 276 g/mol. The number of hydrogen-bond acceptors (Lipinski definition) is 2. The number of amides is 1. The molecule has 7 unspecified atom stereocenters. The number of nitrogens with zero attached hydrogens (tertiary/aromatic N) is 1. The first-order valence-corrected chi connectivity index (χ1v) is 8.64. The van der Waals surface area contributed by atoms with Crippen LogP contribution in [-0.2, 0) is 4.79 Å². The van der Waals surface area contributed by atoms with Crippen molar-refractivity contribution in [1.82, 2.24) is 4.90 Å². The third-order valence-corrected chi connectivity index (χ3v) is 7.03. The Kier molecular flexibility index (Phi) is 3.10. The molecule has 4 rings (SSSR count). The van der Waals surface area contributed by atoms with Crippen LogP contribution in [-0.4, -0.2) is 30.4 Å². The molecule has 1 amide bonds. The van der Waals surface area contributed by atoms with E-state index >= 15 is 0 Å². The van der Waals surface area contributed by atoms with Crippen LogP contribution in [0.4, 0.5) is 0 Å². The van der Waals surface area contributed by atoms with Gasteiger partial charge in [-0.3, -0.25) is 4.79 Å². The van der Waals surface area contributed by atoms with E-state index in [1.165, 1.54) is 44.9 Å². The van der Waals surface area contributed by atoms with Crippen LogP contribution in [0.5, 0.6) is 0 Å². The summed E-state index contributed by atoms with van der Waals surface area (Å²) in [6.07, 6.45) is 9.34. The highest BCUT2D eigenvalue weighted by molar-refractivity contribution is 5.80. The van der Waals surface area contributed by atoms with Crippen LogP contribution in [0.25, 0.3) is 0 Å². The zero-order valence-corrected chi connectivity index (χ0v) is 12.6. The van der Waals surface area contributed by atoms with Crippen LogP contribution in [0.3, 0.4) is 0 Å². The first kappa shape index (κ1) is 13.1. The topological polar surface area (TPSA) is 46.3 Å². The molecular formula is C17H28N2O. The van der Waals surface area contributed by atoms with E-state index in [-0.39, 0.29) is 12.0 Å². The summed E-state index contributed by atoms with van der Waals surface area (Å²) >= 11 is 0. The molecule has 3 heteroatoms. The summed E-state index contributed by atoms with van der Waals surface area (Å²) in [5.74, 6) is 4.36. The van der Waals surface area contributed by atoms with E-state index in [0.29, 0.717) is 17.7 Å². The lowest BCUT2D eigenvalue weighted by Gasteiger charge is -2.33. The molecule has 20 heavy (non-hydrogen) atoms. The first-order valence-electron chi connectivity index (χ1n) is 8.64. The van der Waals surface area contributed by atoms with E-state index in [1.54, 1.807) is 0 Å². The minimum absolute atomic E-state index is 0.136. The van der Waals surface area contributed by atoms with Crippen LogP contribution in [0.1, 0.15) is 44.9 Å². The Bertz CT molecular complexity index is 408. The second kappa shape index (κ2) is 4.72. The zero-order chi connectivity index (χ0) is 13.9. The third-order valence-electron chi connectivity index (χ3n) is 7.03. The highest BCUT2D eigenvalue weighted by Gasteiger charge is 2.50. The van der Waals surface area contributed by atoms with E-state index in [1.807, 2.05) is 11.9 Å². The number of nitrogens with two attached hydrogens (primary N) is 1. The predicted molar refractivity (Wildman–Crippen MR) is 78.9 cm³/mol. The van der Waals surface area contributed by atoms with Crippen molar-refractivity contribution in [3.05, 3.63) is 0 Å². The van der Waals surface area contributed by atoms with Crippen LogP contribution >= 0.6 is 0 Å². The molecule has 0 spiro atoms. The molecule has 0 aliphatic heterocycles. The Morgan fingerprint density at radius 3 is 2.40 bits per heavy atom. The summed E-state index contributed by atoms with van der Waals surface area (Å²) in [4.78, 5) is 14.8. The van der Waals surface area contributed by atoms with Gasteiger partial charge in [-0.2, -0.15) is 0 Å². The Morgan fingerprint density at radius 2 is 1.80 bits per heavy atom. The highest BCUT2D eigenvalue weighted by Crippen LogP contribution is 2.50. The molecule has 4 saturated carbocycles. The second-order valence-corrected chi connectivity index (χ2v) is 8.09. The first-order chi connectivity index (χ1) is 9.63. The largest absolute Gasteiger partial charge is 0.345 e. The van der Waals surface area contributed by atoms with Crippen LogP contribution in [0.2, 0.25) is 0 Å². The number of fused-ring (bicyclic) bond motifs is 4. The van der Waals surface area contributed by atoms with Gasteiger partial charge in [0, 0.05) is 19.6 Å².